The lowest BCUT2D eigenvalue weighted by Crippen LogP contribution is -2.10. The number of aromatic nitrogens is 1. The first kappa shape index (κ1) is 6.60. The van der Waals surface area contributed by atoms with Gasteiger partial charge in [0.15, 0.2) is 0 Å². The quantitative estimate of drug-likeness (QED) is 0.598. The van der Waals surface area contributed by atoms with Crippen molar-refractivity contribution in [1.82, 2.24) is 4.98 Å². The Morgan fingerprint density at radius 3 is 2.90 bits per heavy atom. The largest absolute Gasteiger partial charge is 0.416 e. The first-order valence-corrected chi connectivity index (χ1v) is 2.67. The molecule has 1 rings (SSSR count). The van der Waals surface area contributed by atoms with Gasteiger partial charge in [0.1, 0.15) is 0 Å². The minimum atomic E-state index is -0.665. The summed E-state index contributed by atoms with van der Waals surface area (Å²) in [5, 5.41) is 2.67. The molecule has 0 aliphatic heterocycles. The maximum absolute atomic E-state index is 10.4. The van der Waals surface area contributed by atoms with Crippen LogP contribution in [0.2, 0.25) is 0 Å². The van der Waals surface area contributed by atoms with Crippen molar-refractivity contribution >= 4 is 11.8 Å². The predicted molar refractivity (Wildman–Crippen MR) is 34.6 cm³/mol. The molecule has 1 aromatic rings. The highest BCUT2D eigenvalue weighted by molar-refractivity contribution is 5.88. The summed E-state index contributed by atoms with van der Waals surface area (Å²) < 4.78 is 4.80. The molecule has 5 heteroatoms. The van der Waals surface area contributed by atoms with Gasteiger partial charge >= 0.3 is 5.91 Å². The number of hydrogen-bond acceptors (Lipinski definition) is 4. The lowest BCUT2D eigenvalue weighted by molar-refractivity contribution is 0.0968. The molecule has 10 heavy (non-hydrogen) atoms. The van der Waals surface area contributed by atoms with Gasteiger partial charge in [0.25, 0.3) is 5.89 Å². The van der Waals surface area contributed by atoms with Gasteiger partial charge < -0.3 is 15.5 Å². The maximum atomic E-state index is 10.4. The molecule has 1 aromatic heterocycles. The molecule has 0 saturated heterocycles. The Balaban J connectivity index is 2.88. The average molecular weight is 141 g/mol. The number of amides is 1. The smallest absolute Gasteiger partial charge is 0.304 e. The van der Waals surface area contributed by atoms with Crippen molar-refractivity contribution in [1.29, 1.82) is 0 Å². The van der Waals surface area contributed by atoms with Crippen molar-refractivity contribution in [2.45, 2.75) is 0 Å². The summed E-state index contributed by atoms with van der Waals surface area (Å²) in [6, 6.07) is 0. The number of anilines is 1. The molecular formula is C5H7N3O2. The number of hydrogen-bond donors (Lipinski definition) is 2. The molecule has 0 saturated carbocycles. The van der Waals surface area contributed by atoms with E-state index in [9.17, 15) is 4.79 Å². The van der Waals surface area contributed by atoms with Crippen LogP contribution in [-0.4, -0.2) is 17.9 Å². The molecule has 1 amide bonds. The molecule has 0 atom stereocenters. The van der Waals surface area contributed by atoms with E-state index in [1.54, 1.807) is 7.05 Å². The number of carbonyl (C=O) groups excluding carboxylic acids is 1. The Bertz CT molecular complexity index is 243. The molecule has 1 heterocycles. The highest BCUT2D eigenvalue weighted by Gasteiger charge is 2.06. The lowest BCUT2D eigenvalue weighted by Gasteiger charge is -1.87. The van der Waals surface area contributed by atoms with Crippen molar-refractivity contribution in [3.8, 4) is 0 Å². The average Bonchev–Trinajstić information content (AvgIpc) is 2.34. The fourth-order valence-corrected chi connectivity index (χ4v) is 0.504. The second-order valence-electron chi connectivity index (χ2n) is 1.64. The SMILES string of the molecule is CNc1cnc(C(N)=O)o1. The fourth-order valence-electron chi connectivity index (χ4n) is 0.504. The summed E-state index contributed by atoms with van der Waals surface area (Å²) in [5.41, 5.74) is 4.86. The number of carbonyl (C=O) groups is 1. The van der Waals surface area contributed by atoms with Crippen LogP contribution in [0.4, 0.5) is 5.88 Å². The molecule has 0 aromatic carbocycles. The Kier molecular flexibility index (Phi) is 1.57. The van der Waals surface area contributed by atoms with Gasteiger partial charge in [-0.25, -0.2) is 4.98 Å². The Morgan fingerprint density at radius 1 is 1.90 bits per heavy atom. The van der Waals surface area contributed by atoms with Crippen LogP contribution >= 0.6 is 0 Å². The molecular weight excluding hydrogens is 134 g/mol. The van der Waals surface area contributed by atoms with Crippen LogP contribution in [0.25, 0.3) is 0 Å². The zero-order valence-electron chi connectivity index (χ0n) is 5.42. The number of oxazole rings is 1. The van der Waals surface area contributed by atoms with Gasteiger partial charge in [-0.15, -0.1) is 0 Å². The van der Waals surface area contributed by atoms with Crippen LogP contribution in [-0.2, 0) is 0 Å². The van der Waals surface area contributed by atoms with Gasteiger partial charge in [0.05, 0.1) is 6.20 Å². The maximum Gasteiger partial charge on any atom is 0.304 e. The Labute approximate surface area is 57.2 Å². The second-order valence-corrected chi connectivity index (χ2v) is 1.64. The van der Waals surface area contributed by atoms with Gasteiger partial charge in [-0.3, -0.25) is 4.79 Å². The monoisotopic (exact) mass is 141 g/mol. The number of primary amides is 1. The fraction of sp³-hybridized carbons (Fsp3) is 0.200. The van der Waals surface area contributed by atoms with Gasteiger partial charge in [0.2, 0.25) is 5.88 Å². The van der Waals surface area contributed by atoms with Crippen LogP contribution in [0, 0.1) is 0 Å². The standard InChI is InChI=1S/C5H7N3O2/c1-7-3-2-8-5(10-3)4(6)9/h2,7H,1H3,(H2,6,9). The zero-order chi connectivity index (χ0) is 7.56. The van der Waals surface area contributed by atoms with E-state index in [0.717, 1.165) is 0 Å². The third kappa shape index (κ3) is 1.07. The van der Waals surface area contributed by atoms with Crippen LogP contribution in [0.5, 0.6) is 0 Å². The van der Waals surface area contributed by atoms with Gasteiger partial charge in [0, 0.05) is 7.05 Å². The minimum Gasteiger partial charge on any atom is -0.416 e. The molecule has 0 aliphatic carbocycles. The van der Waals surface area contributed by atoms with E-state index in [4.69, 9.17) is 10.2 Å². The van der Waals surface area contributed by atoms with Crippen LogP contribution in [0.15, 0.2) is 10.6 Å². The first-order chi connectivity index (χ1) is 4.74. The summed E-state index contributed by atoms with van der Waals surface area (Å²) in [7, 11) is 1.66. The number of nitrogens with one attached hydrogen (secondary N) is 1. The van der Waals surface area contributed by atoms with Gasteiger partial charge in [-0.05, 0) is 0 Å². The lowest BCUT2D eigenvalue weighted by atomic mass is 10.6. The molecule has 0 spiro atoms. The topological polar surface area (TPSA) is 81.1 Å². The van der Waals surface area contributed by atoms with E-state index < -0.39 is 5.91 Å². The third-order valence-corrected chi connectivity index (χ3v) is 0.963. The number of nitrogens with two attached hydrogens (primary N) is 1. The molecule has 0 bridgehead atoms. The molecule has 0 aliphatic rings. The van der Waals surface area contributed by atoms with Crippen molar-refractivity contribution in [3.63, 3.8) is 0 Å². The molecule has 0 unspecified atom stereocenters. The van der Waals surface area contributed by atoms with E-state index in [1.165, 1.54) is 6.20 Å². The first-order valence-electron chi connectivity index (χ1n) is 2.67. The summed E-state index contributed by atoms with van der Waals surface area (Å²) in [5.74, 6) is -0.320. The van der Waals surface area contributed by atoms with Crippen molar-refractivity contribution in [2.75, 3.05) is 12.4 Å². The van der Waals surface area contributed by atoms with Crippen molar-refractivity contribution in [3.05, 3.63) is 12.1 Å². The van der Waals surface area contributed by atoms with E-state index in [0.29, 0.717) is 5.88 Å². The van der Waals surface area contributed by atoms with Gasteiger partial charge in [-0.1, -0.05) is 0 Å². The van der Waals surface area contributed by atoms with Crippen LogP contribution in [0.1, 0.15) is 10.7 Å². The molecule has 54 valence electrons. The molecule has 3 N–H and O–H groups in total. The summed E-state index contributed by atoms with van der Waals surface area (Å²) >= 11 is 0. The molecule has 5 nitrogen and oxygen atoms in total. The Morgan fingerprint density at radius 2 is 2.60 bits per heavy atom. The van der Waals surface area contributed by atoms with Crippen molar-refractivity contribution < 1.29 is 9.21 Å². The zero-order valence-corrected chi connectivity index (χ0v) is 5.42. The van der Waals surface area contributed by atoms with Gasteiger partial charge in [-0.2, -0.15) is 0 Å². The summed E-state index contributed by atoms with van der Waals surface area (Å²) in [6.45, 7) is 0. The highest BCUT2D eigenvalue weighted by Crippen LogP contribution is 2.06. The van der Waals surface area contributed by atoms with E-state index in [2.05, 4.69) is 10.3 Å². The number of nitrogens with zero attached hydrogens (tertiary/aromatic N) is 1. The third-order valence-electron chi connectivity index (χ3n) is 0.963. The van der Waals surface area contributed by atoms with E-state index in [-0.39, 0.29) is 5.89 Å². The second kappa shape index (κ2) is 2.38. The summed E-state index contributed by atoms with van der Waals surface area (Å²) in [4.78, 5) is 14.0. The molecule has 0 fully saturated rings. The van der Waals surface area contributed by atoms with Crippen LogP contribution < -0.4 is 11.1 Å². The van der Waals surface area contributed by atoms with Crippen molar-refractivity contribution in [2.24, 2.45) is 5.73 Å². The van der Waals surface area contributed by atoms with Crippen LogP contribution in [0.3, 0.4) is 0 Å². The highest BCUT2D eigenvalue weighted by atomic mass is 16.4. The normalized spacial score (nSPS) is 9.30. The minimum absolute atomic E-state index is 0.0793. The summed E-state index contributed by atoms with van der Waals surface area (Å²) in [6.07, 6.45) is 1.39. The number of rotatable bonds is 2. The predicted octanol–water partition coefficient (Wildman–Crippen LogP) is -0.185. The van der Waals surface area contributed by atoms with E-state index in [1.807, 2.05) is 0 Å². The Hall–Kier alpha value is -1.52. The molecule has 0 radical (unpaired) electrons. The van der Waals surface area contributed by atoms with E-state index >= 15 is 0 Å².